The molecular formula is C8H11N3O. The second kappa shape index (κ2) is 2.62. The maximum absolute atomic E-state index is 11.3. The number of hydrogen-bond donors (Lipinski definition) is 1. The molecule has 0 spiro atoms. The van der Waals surface area contributed by atoms with Crippen LogP contribution in [-0.2, 0) is 12.8 Å². The Hall–Kier alpha value is -1.32. The molecule has 12 heavy (non-hydrogen) atoms. The molecule has 1 aromatic heterocycles. The first kappa shape index (κ1) is 7.34. The Morgan fingerprint density at radius 3 is 3.33 bits per heavy atom. The minimum Gasteiger partial charge on any atom is -0.337 e. The number of aromatic nitrogens is 2. The monoisotopic (exact) mass is 165 g/mol. The van der Waals surface area contributed by atoms with Crippen LogP contribution in [0, 0.1) is 0 Å². The third-order valence-corrected chi connectivity index (χ3v) is 2.08. The predicted octanol–water partition coefficient (Wildman–Crippen LogP) is 0.559. The fourth-order valence-corrected chi connectivity index (χ4v) is 1.48. The van der Waals surface area contributed by atoms with Crippen LogP contribution in [0.25, 0.3) is 0 Å². The molecule has 0 aliphatic carbocycles. The quantitative estimate of drug-likeness (QED) is 0.661. The van der Waals surface area contributed by atoms with E-state index in [4.69, 9.17) is 0 Å². The Bertz CT molecular complexity index is 303. The smallest absolute Gasteiger partial charge is 0.327 e. The summed E-state index contributed by atoms with van der Waals surface area (Å²) >= 11 is 0. The highest BCUT2D eigenvalue weighted by molar-refractivity contribution is 5.79. The predicted molar refractivity (Wildman–Crippen MR) is 44.1 cm³/mol. The molecular weight excluding hydrogens is 154 g/mol. The average molecular weight is 165 g/mol. The van der Waals surface area contributed by atoms with Crippen molar-refractivity contribution in [3.8, 4) is 0 Å². The Kier molecular flexibility index (Phi) is 1.60. The van der Waals surface area contributed by atoms with Gasteiger partial charge in [-0.2, -0.15) is 0 Å². The molecule has 64 valence electrons. The number of amides is 1. The summed E-state index contributed by atoms with van der Waals surface area (Å²) < 4.78 is 1.67. The molecule has 1 aromatic rings. The molecule has 0 aromatic carbocycles. The fraction of sp³-hybridized carbons (Fsp3) is 0.500. The van der Waals surface area contributed by atoms with E-state index in [1.807, 2.05) is 6.92 Å². The highest BCUT2D eigenvalue weighted by atomic mass is 16.2. The number of carbonyl (C=O) groups is 1. The lowest BCUT2D eigenvalue weighted by Gasteiger charge is -2.15. The van der Waals surface area contributed by atoms with Gasteiger partial charge in [-0.25, -0.2) is 9.78 Å². The first-order valence-corrected chi connectivity index (χ1v) is 4.16. The van der Waals surface area contributed by atoms with Gasteiger partial charge < -0.3 is 5.32 Å². The van der Waals surface area contributed by atoms with E-state index >= 15 is 0 Å². The van der Waals surface area contributed by atoms with Crippen LogP contribution in [0.5, 0.6) is 0 Å². The van der Waals surface area contributed by atoms with Gasteiger partial charge in [-0.15, -0.1) is 0 Å². The van der Waals surface area contributed by atoms with E-state index in [0.717, 1.165) is 30.9 Å². The summed E-state index contributed by atoms with van der Waals surface area (Å²) in [5, 5.41) is 2.78. The van der Waals surface area contributed by atoms with Crippen LogP contribution < -0.4 is 5.32 Å². The minimum atomic E-state index is -0.0365. The van der Waals surface area contributed by atoms with Crippen LogP contribution in [0.1, 0.15) is 18.4 Å². The molecule has 2 heterocycles. The van der Waals surface area contributed by atoms with Crippen molar-refractivity contribution >= 4 is 6.03 Å². The molecule has 1 amide bonds. The van der Waals surface area contributed by atoms with Gasteiger partial charge in [0.1, 0.15) is 5.82 Å². The highest BCUT2D eigenvalue weighted by Gasteiger charge is 2.18. The van der Waals surface area contributed by atoms with E-state index in [9.17, 15) is 4.79 Å². The molecule has 0 radical (unpaired) electrons. The molecule has 0 saturated carbocycles. The molecule has 4 heteroatoms. The average Bonchev–Trinajstić information content (AvgIpc) is 2.49. The Morgan fingerprint density at radius 2 is 2.58 bits per heavy atom. The summed E-state index contributed by atoms with van der Waals surface area (Å²) in [6.45, 7) is 2.73. The first-order chi connectivity index (χ1) is 5.83. The molecule has 4 nitrogen and oxygen atoms in total. The topological polar surface area (TPSA) is 46.9 Å². The molecule has 0 atom stereocenters. The van der Waals surface area contributed by atoms with Crippen molar-refractivity contribution < 1.29 is 4.79 Å². The summed E-state index contributed by atoms with van der Waals surface area (Å²) in [7, 11) is 0. The molecule has 0 bridgehead atoms. The lowest BCUT2D eigenvalue weighted by molar-refractivity contribution is 0.238. The lowest BCUT2D eigenvalue weighted by atomic mass is 10.3. The van der Waals surface area contributed by atoms with Crippen molar-refractivity contribution in [3.63, 3.8) is 0 Å². The highest BCUT2D eigenvalue weighted by Crippen LogP contribution is 2.09. The summed E-state index contributed by atoms with van der Waals surface area (Å²) in [4.78, 5) is 15.5. The Morgan fingerprint density at radius 1 is 1.75 bits per heavy atom. The van der Waals surface area contributed by atoms with Crippen molar-refractivity contribution in [2.24, 2.45) is 0 Å². The minimum absolute atomic E-state index is 0.0365. The number of aryl methyl sites for hydroxylation is 1. The van der Waals surface area contributed by atoms with E-state index in [2.05, 4.69) is 10.3 Å². The van der Waals surface area contributed by atoms with Gasteiger partial charge in [0.15, 0.2) is 0 Å². The number of nitrogens with one attached hydrogen (secondary N) is 1. The fourth-order valence-electron chi connectivity index (χ4n) is 1.48. The number of carbonyl (C=O) groups excluding carboxylic acids is 1. The normalized spacial score (nSPS) is 15.6. The van der Waals surface area contributed by atoms with Gasteiger partial charge in [0.25, 0.3) is 0 Å². The van der Waals surface area contributed by atoms with E-state index in [-0.39, 0.29) is 6.03 Å². The third kappa shape index (κ3) is 0.913. The number of rotatable bonds is 1. The summed E-state index contributed by atoms with van der Waals surface area (Å²) in [6, 6.07) is -0.0365. The Labute approximate surface area is 70.6 Å². The zero-order valence-corrected chi connectivity index (χ0v) is 7.00. The van der Waals surface area contributed by atoms with Crippen molar-refractivity contribution in [1.82, 2.24) is 14.9 Å². The number of fused-ring (bicyclic) bond motifs is 1. The van der Waals surface area contributed by atoms with Crippen LogP contribution in [0.15, 0.2) is 6.20 Å². The van der Waals surface area contributed by atoms with Gasteiger partial charge >= 0.3 is 6.03 Å². The molecule has 0 saturated heterocycles. The summed E-state index contributed by atoms with van der Waals surface area (Å²) in [5.41, 5.74) is 1.02. The largest absolute Gasteiger partial charge is 0.337 e. The Balaban J connectivity index is 2.50. The van der Waals surface area contributed by atoms with Gasteiger partial charge in [-0.3, -0.25) is 4.57 Å². The number of hydrogen-bond acceptors (Lipinski definition) is 2. The number of nitrogens with zero attached hydrogens (tertiary/aromatic N) is 2. The van der Waals surface area contributed by atoms with Crippen LogP contribution in [-0.4, -0.2) is 22.1 Å². The van der Waals surface area contributed by atoms with Gasteiger partial charge in [-0.1, -0.05) is 6.92 Å². The van der Waals surface area contributed by atoms with E-state index < -0.39 is 0 Å². The van der Waals surface area contributed by atoms with Crippen LogP contribution in [0.3, 0.4) is 0 Å². The summed E-state index contributed by atoms with van der Waals surface area (Å²) in [6.07, 6.45) is 3.48. The summed E-state index contributed by atoms with van der Waals surface area (Å²) in [5.74, 6) is 0.849. The molecule has 0 fully saturated rings. The van der Waals surface area contributed by atoms with Gasteiger partial charge in [0.05, 0.1) is 0 Å². The second-order valence-electron chi connectivity index (χ2n) is 2.84. The lowest BCUT2D eigenvalue weighted by Crippen LogP contribution is -2.37. The zero-order valence-electron chi connectivity index (χ0n) is 7.00. The standard InChI is InChI=1S/C8H11N3O/c1-2-7-10-5-6-3-4-9-8(12)11(6)7/h5H,2-4H2,1H3,(H,9,12). The van der Waals surface area contributed by atoms with Crippen LogP contribution >= 0.6 is 0 Å². The molecule has 1 aliphatic rings. The molecule has 2 rings (SSSR count). The van der Waals surface area contributed by atoms with Crippen LogP contribution in [0.4, 0.5) is 4.79 Å². The van der Waals surface area contributed by atoms with Crippen molar-refractivity contribution in [2.45, 2.75) is 19.8 Å². The van der Waals surface area contributed by atoms with Gasteiger partial charge in [0.2, 0.25) is 0 Å². The van der Waals surface area contributed by atoms with E-state index in [1.54, 1.807) is 10.8 Å². The third-order valence-electron chi connectivity index (χ3n) is 2.08. The first-order valence-electron chi connectivity index (χ1n) is 4.16. The van der Waals surface area contributed by atoms with Crippen molar-refractivity contribution in [3.05, 3.63) is 17.7 Å². The molecule has 0 unspecified atom stereocenters. The SMILES string of the molecule is CCc1ncc2n1C(=O)NCC2. The van der Waals surface area contributed by atoms with E-state index in [1.165, 1.54) is 0 Å². The van der Waals surface area contributed by atoms with Gasteiger partial charge in [0, 0.05) is 31.3 Å². The second-order valence-corrected chi connectivity index (χ2v) is 2.84. The molecule has 1 N–H and O–H groups in total. The van der Waals surface area contributed by atoms with Crippen molar-refractivity contribution in [2.75, 3.05) is 6.54 Å². The maximum Gasteiger partial charge on any atom is 0.327 e. The van der Waals surface area contributed by atoms with Gasteiger partial charge in [-0.05, 0) is 0 Å². The zero-order chi connectivity index (χ0) is 8.55. The van der Waals surface area contributed by atoms with E-state index in [0.29, 0.717) is 0 Å². The van der Waals surface area contributed by atoms with Crippen molar-refractivity contribution in [1.29, 1.82) is 0 Å². The van der Waals surface area contributed by atoms with Crippen LogP contribution in [0.2, 0.25) is 0 Å². The maximum atomic E-state index is 11.3. The number of imidazole rings is 1. The molecule has 1 aliphatic heterocycles.